The summed E-state index contributed by atoms with van der Waals surface area (Å²) in [6.45, 7) is 8.96. The minimum Gasteiger partial charge on any atom is -0.384 e. The van der Waals surface area contributed by atoms with E-state index >= 15 is 0 Å². The second-order valence-corrected chi connectivity index (χ2v) is 5.25. The fourth-order valence-electron chi connectivity index (χ4n) is 1.47. The molecule has 96 valence electrons. The molecule has 0 saturated carbocycles. The van der Waals surface area contributed by atoms with Gasteiger partial charge in [0.25, 0.3) is 0 Å². The van der Waals surface area contributed by atoms with Crippen LogP contribution in [-0.4, -0.2) is 23.7 Å². The largest absolute Gasteiger partial charge is 0.384 e. The maximum absolute atomic E-state index is 5.43. The van der Waals surface area contributed by atoms with E-state index < -0.39 is 0 Å². The van der Waals surface area contributed by atoms with Crippen LogP contribution in [0, 0.1) is 0 Å². The van der Waals surface area contributed by atoms with Crippen LogP contribution in [0.4, 0.5) is 5.82 Å². The molecule has 0 aliphatic heterocycles. The van der Waals surface area contributed by atoms with Crippen LogP contribution in [0.15, 0.2) is 6.07 Å². The average molecular weight is 238 g/mol. The first-order valence-corrected chi connectivity index (χ1v) is 5.73. The lowest BCUT2D eigenvalue weighted by Gasteiger charge is -2.20. The quantitative estimate of drug-likeness (QED) is 0.618. The van der Waals surface area contributed by atoms with Gasteiger partial charge in [-0.1, -0.05) is 27.7 Å². The summed E-state index contributed by atoms with van der Waals surface area (Å²) in [5.74, 6) is 6.98. The molecule has 1 rings (SSSR count). The number of nitrogens with two attached hydrogens (primary N) is 1. The van der Waals surface area contributed by atoms with Gasteiger partial charge in [0.2, 0.25) is 0 Å². The van der Waals surface area contributed by atoms with Crippen molar-refractivity contribution in [3.63, 3.8) is 0 Å². The Morgan fingerprint density at radius 2 is 2.06 bits per heavy atom. The van der Waals surface area contributed by atoms with Gasteiger partial charge in [-0.05, 0) is 0 Å². The summed E-state index contributed by atoms with van der Waals surface area (Å²) in [4.78, 5) is 8.94. The molecule has 0 aliphatic carbocycles. The highest BCUT2D eigenvalue weighted by Crippen LogP contribution is 2.24. The first kappa shape index (κ1) is 13.9. The van der Waals surface area contributed by atoms with Gasteiger partial charge in [-0.2, -0.15) is 0 Å². The van der Waals surface area contributed by atoms with Crippen molar-refractivity contribution in [3.8, 4) is 0 Å². The molecule has 3 N–H and O–H groups in total. The molecule has 17 heavy (non-hydrogen) atoms. The molecule has 5 nitrogen and oxygen atoms in total. The monoisotopic (exact) mass is 238 g/mol. The number of hydrogen-bond donors (Lipinski definition) is 2. The number of anilines is 1. The second kappa shape index (κ2) is 5.42. The molecular weight excluding hydrogens is 216 g/mol. The van der Waals surface area contributed by atoms with Crippen molar-refractivity contribution < 1.29 is 4.74 Å². The van der Waals surface area contributed by atoms with Gasteiger partial charge in [0, 0.05) is 24.5 Å². The molecule has 1 heterocycles. The molecule has 0 aliphatic rings. The van der Waals surface area contributed by atoms with E-state index in [9.17, 15) is 0 Å². The zero-order valence-electron chi connectivity index (χ0n) is 11.2. The van der Waals surface area contributed by atoms with Gasteiger partial charge in [-0.15, -0.1) is 0 Å². The summed E-state index contributed by atoms with van der Waals surface area (Å²) >= 11 is 0. The molecule has 0 amide bonds. The molecule has 1 atom stereocenters. The lowest BCUT2D eigenvalue weighted by atomic mass is 9.91. The zero-order chi connectivity index (χ0) is 13.1. The van der Waals surface area contributed by atoms with Gasteiger partial charge in [-0.25, -0.2) is 15.8 Å². The number of hydrazine groups is 1. The van der Waals surface area contributed by atoms with Crippen LogP contribution in [0.5, 0.6) is 0 Å². The third-order valence-corrected chi connectivity index (χ3v) is 2.52. The molecule has 0 fully saturated rings. The van der Waals surface area contributed by atoms with Crippen molar-refractivity contribution in [2.24, 2.45) is 5.84 Å². The van der Waals surface area contributed by atoms with E-state index in [0.29, 0.717) is 12.4 Å². The standard InChI is InChI=1S/C12H22N4O/c1-8(7-17-5)11-14-9(12(2,3)4)6-10(15-11)16-13/h6,8H,7,13H2,1-5H3,(H,14,15,16). The summed E-state index contributed by atoms with van der Waals surface area (Å²) in [5, 5.41) is 0. The number of nitrogens with one attached hydrogen (secondary N) is 1. The Morgan fingerprint density at radius 1 is 1.41 bits per heavy atom. The zero-order valence-corrected chi connectivity index (χ0v) is 11.2. The molecule has 1 aromatic heterocycles. The summed E-state index contributed by atoms with van der Waals surface area (Å²) in [6, 6.07) is 1.88. The van der Waals surface area contributed by atoms with Gasteiger partial charge in [-0.3, -0.25) is 0 Å². The first-order chi connectivity index (χ1) is 7.88. The maximum atomic E-state index is 5.43. The Balaban J connectivity index is 3.14. The maximum Gasteiger partial charge on any atom is 0.143 e. The van der Waals surface area contributed by atoms with Crippen LogP contribution >= 0.6 is 0 Å². The molecule has 1 unspecified atom stereocenters. The molecule has 0 bridgehead atoms. The Kier molecular flexibility index (Phi) is 4.42. The van der Waals surface area contributed by atoms with Crippen LogP contribution in [0.3, 0.4) is 0 Å². The highest BCUT2D eigenvalue weighted by molar-refractivity contribution is 5.37. The number of methoxy groups -OCH3 is 1. The van der Waals surface area contributed by atoms with E-state index in [2.05, 4.69) is 36.2 Å². The lowest BCUT2D eigenvalue weighted by molar-refractivity contribution is 0.181. The van der Waals surface area contributed by atoms with E-state index in [1.807, 2.05) is 13.0 Å². The van der Waals surface area contributed by atoms with Crippen LogP contribution < -0.4 is 11.3 Å². The number of nitrogens with zero attached hydrogens (tertiary/aromatic N) is 2. The number of rotatable bonds is 4. The second-order valence-electron chi connectivity index (χ2n) is 5.25. The van der Waals surface area contributed by atoms with Crippen LogP contribution in [0.1, 0.15) is 45.1 Å². The van der Waals surface area contributed by atoms with Gasteiger partial charge in [0.15, 0.2) is 0 Å². The predicted molar refractivity (Wildman–Crippen MR) is 68.8 cm³/mol. The third kappa shape index (κ3) is 3.64. The molecule has 0 spiro atoms. The fraction of sp³-hybridized carbons (Fsp3) is 0.667. The topological polar surface area (TPSA) is 73.1 Å². The van der Waals surface area contributed by atoms with Crippen LogP contribution in [0.2, 0.25) is 0 Å². The molecular formula is C12H22N4O. The van der Waals surface area contributed by atoms with Crippen LogP contribution in [0.25, 0.3) is 0 Å². The Labute approximate surface area is 103 Å². The normalized spacial score (nSPS) is 13.5. The first-order valence-electron chi connectivity index (χ1n) is 5.73. The smallest absolute Gasteiger partial charge is 0.143 e. The fourth-order valence-corrected chi connectivity index (χ4v) is 1.47. The molecule has 0 aromatic carbocycles. The minimum absolute atomic E-state index is 0.0317. The summed E-state index contributed by atoms with van der Waals surface area (Å²) < 4.78 is 5.13. The average Bonchev–Trinajstić information content (AvgIpc) is 2.27. The van der Waals surface area contributed by atoms with Crippen molar-refractivity contribution in [2.45, 2.75) is 39.0 Å². The number of nitrogen functional groups attached to an aromatic ring is 1. The molecule has 0 radical (unpaired) electrons. The van der Waals surface area contributed by atoms with Crippen molar-refractivity contribution in [3.05, 3.63) is 17.6 Å². The minimum atomic E-state index is -0.0317. The SMILES string of the molecule is COCC(C)c1nc(NN)cc(C(C)(C)C)n1. The lowest BCUT2D eigenvalue weighted by Crippen LogP contribution is -2.20. The van der Waals surface area contributed by atoms with E-state index in [0.717, 1.165) is 11.5 Å². The van der Waals surface area contributed by atoms with Gasteiger partial charge < -0.3 is 10.2 Å². The summed E-state index contributed by atoms with van der Waals surface area (Å²) in [6.07, 6.45) is 0. The number of hydrogen-bond acceptors (Lipinski definition) is 5. The summed E-state index contributed by atoms with van der Waals surface area (Å²) in [7, 11) is 1.67. The van der Waals surface area contributed by atoms with Gasteiger partial charge in [0.05, 0.1) is 12.3 Å². The van der Waals surface area contributed by atoms with Crippen molar-refractivity contribution in [1.29, 1.82) is 0 Å². The molecule has 0 saturated heterocycles. The Hall–Kier alpha value is -1.20. The molecule has 5 heteroatoms. The molecule has 1 aromatic rings. The highest BCUT2D eigenvalue weighted by Gasteiger charge is 2.19. The number of aromatic nitrogens is 2. The van der Waals surface area contributed by atoms with E-state index in [-0.39, 0.29) is 11.3 Å². The predicted octanol–water partition coefficient (Wildman–Crippen LogP) is 1.81. The Bertz CT molecular complexity index is 373. The highest BCUT2D eigenvalue weighted by atomic mass is 16.5. The summed E-state index contributed by atoms with van der Waals surface area (Å²) in [5.41, 5.74) is 3.52. The van der Waals surface area contributed by atoms with Crippen molar-refractivity contribution in [1.82, 2.24) is 9.97 Å². The van der Waals surface area contributed by atoms with Gasteiger partial charge >= 0.3 is 0 Å². The van der Waals surface area contributed by atoms with E-state index in [1.165, 1.54) is 0 Å². The van der Waals surface area contributed by atoms with E-state index in [1.54, 1.807) is 7.11 Å². The van der Waals surface area contributed by atoms with Gasteiger partial charge in [0.1, 0.15) is 11.6 Å². The third-order valence-electron chi connectivity index (χ3n) is 2.52. The van der Waals surface area contributed by atoms with Crippen LogP contribution in [-0.2, 0) is 10.2 Å². The number of ether oxygens (including phenoxy) is 1. The van der Waals surface area contributed by atoms with Crippen molar-refractivity contribution >= 4 is 5.82 Å². The Morgan fingerprint density at radius 3 is 2.53 bits per heavy atom. The van der Waals surface area contributed by atoms with Crippen molar-refractivity contribution in [2.75, 3.05) is 19.1 Å². The van der Waals surface area contributed by atoms with E-state index in [4.69, 9.17) is 10.6 Å².